The van der Waals surface area contributed by atoms with Crippen molar-refractivity contribution in [3.63, 3.8) is 0 Å². The summed E-state index contributed by atoms with van der Waals surface area (Å²) in [6.07, 6.45) is 0.723. The normalized spacial score (nSPS) is 11.8. The van der Waals surface area contributed by atoms with Crippen LogP contribution in [0.25, 0.3) is 0 Å². The summed E-state index contributed by atoms with van der Waals surface area (Å²) in [6, 6.07) is 10.1. The molecule has 0 N–H and O–H groups in total. The van der Waals surface area contributed by atoms with E-state index in [0.717, 1.165) is 12.2 Å². The molecule has 0 fully saturated rings. The van der Waals surface area contributed by atoms with Gasteiger partial charge in [-0.25, -0.2) is 0 Å². The van der Waals surface area contributed by atoms with Crippen LogP contribution in [0.2, 0.25) is 0 Å². The van der Waals surface area contributed by atoms with Crippen LogP contribution in [0.15, 0.2) is 35.2 Å². The molecule has 0 aromatic heterocycles. The maximum absolute atomic E-state index is 10.2. The van der Waals surface area contributed by atoms with Gasteiger partial charge >= 0.3 is 29.6 Å². The molecule has 0 bridgehead atoms. The summed E-state index contributed by atoms with van der Waals surface area (Å²) in [5.41, 5.74) is 0. The predicted molar refractivity (Wildman–Crippen MR) is 63.2 cm³/mol. The van der Waals surface area contributed by atoms with E-state index in [9.17, 15) is 8.76 Å². The maximum atomic E-state index is 10.2. The fraction of sp³-hybridized carbons (Fsp3) is 0.333. The molecular weight excluding hydrogens is 259 g/mol. The van der Waals surface area contributed by atoms with Crippen LogP contribution in [0.1, 0.15) is 6.42 Å². The van der Waals surface area contributed by atoms with Gasteiger partial charge in [-0.2, -0.15) is 0 Å². The fourth-order valence-electron chi connectivity index (χ4n) is 0.821. The Balaban J connectivity index is 0.00000196. The molecule has 0 heterocycles. The molecule has 1 rings (SSSR count). The van der Waals surface area contributed by atoms with Crippen LogP contribution in [0.4, 0.5) is 0 Å². The number of rotatable bonds is 6. The Kier molecular flexibility index (Phi) is 10.9. The first-order valence-electron chi connectivity index (χ1n) is 4.19. The quantitative estimate of drug-likeness (QED) is 0.308. The Hall–Kier alpha value is 1.03. The van der Waals surface area contributed by atoms with E-state index in [2.05, 4.69) is 0 Å². The van der Waals surface area contributed by atoms with E-state index >= 15 is 0 Å². The summed E-state index contributed by atoms with van der Waals surface area (Å²) >= 11 is -1.89. The summed E-state index contributed by atoms with van der Waals surface area (Å²) in [5.74, 6) is 1.13. The molecule has 1 aromatic rings. The Morgan fingerprint density at radius 3 is 2.53 bits per heavy atom. The van der Waals surface area contributed by atoms with E-state index < -0.39 is 11.1 Å². The minimum Gasteiger partial charge on any atom is -0.772 e. The largest absolute Gasteiger partial charge is 1.00 e. The maximum Gasteiger partial charge on any atom is 1.00 e. The Bertz CT molecular complexity index is 282. The second kappa shape index (κ2) is 10.2. The summed E-state index contributed by atoms with van der Waals surface area (Å²) in [5, 5.41) is 0. The molecule has 0 aliphatic carbocycles. The molecule has 1 aromatic carbocycles. The third-order valence-electron chi connectivity index (χ3n) is 1.44. The smallest absolute Gasteiger partial charge is 0.772 e. The molecule has 0 spiro atoms. The van der Waals surface area contributed by atoms with Crippen molar-refractivity contribution in [1.29, 1.82) is 0 Å². The van der Waals surface area contributed by atoms with Crippen LogP contribution in [0, 0.1) is 0 Å². The van der Waals surface area contributed by atoms with Gasteiger partial charge in [-0.3, -0.25) is 4.21 Å². The minimum atomic E-state index is -1.89. The summed E-state index contributed by atoms with van der Waals surface area (Å²) in [4.78, 5) is 1.21. The molecular formula is C9H11NaO2S3. The van der Waals surface area contributed by atoms with Crippen LogP contribution in [0.3, 0.4) is 0 Å². The van der Waals surface area contributed by atoms with E-state index in [-0.39, 0.29) is 35.3 Å². The topological polar surface area (TPSA) is 40.1 Å². The molecule has 78 valence electrons. The minimum absolute atomic E-state index is 0. The molecule has 0 saturated heterocycles. The Labute approximate surface area is 123 Å². The Morgan fingerprint density at radius 2 is 1.93 bits per heavy atom. The van der Waals surface area contributed by atoms with Crippen LogP contribution in [-0.2, 0) is 11.1 Å². The van der Waals surface area contributed by atoms with Crippen LogP contribution >= 0.6 is 21.6 Å². The zero-order valence-electron chi connectivity index (χ0n) is 8.55. The number of hydrogen-bond donors (Lipinski definition) is 0. The average Bonchev–Trinajstić information content (AvgIpc) is 2.18. The van der Waals surface area contributed by atoms with Crippen molar-refractivity contribution in [2.75, 3.05) is 11.5 Å². The molecule has 2 nitrogen and oxygen atoms in total. The number of benzene rings is 1. The SMILES string of the molecule is O=S([O-])CCCSSc1ccccc1.[Na+]. The van der Waals surface area contributed by atoms with Gasteiger partial charge in [0.1, 0.15) is 0 Å². The van der Waals surface area contributed by atoms with Gasteiger partial charge in [0.25, 0.3) is 0 Å². The molecule has 15 heavy (non-hydrogen) atoms. The average molecular weight is 270 g/mol. The van der Waals surface area contributed by atoms with E-state index in [0.29, 0.717) is 0 Å². The van der Waals surface area contributed by atoms with Gasteiger partial charge in [-0.1, -0.05) is 50.9 Å². The standard InChI is InChI=1S/C9H12O2S3.Na/c10-14(11)8-4-7-12-13-9-5-2-1-3-6-9;/h1-3,5-6H,4,7-8H2,(H,10,11);/q;+1/p-1. The third kappa shape index (κ3) is 8.80. The van der Waals surface area contributed by atoms with Gasteiger partial charge in [0.15, 0.2) is 0 Å². The van der Waals surface area contributed by atoms with Crippen molar-refractivity contribution < 1.29 is 38.3 Å². The zero-order valence-corrected chi connectivity index (χ0v) is 13.0. The van der Waals surface area contributed by atoms with E-state index in [1.165, 1.54) is 4.90 Å². The summed E-state index contributed by atoms with van der Waals surface area (Å²) in [6.45, 7) is 0. The fourth-order valence-corrected chi connectivity index (χ4v) is 3.48. The molecule has 0 aliphatic rings. The molecule has 0 aliphatic heterocycles. The van der Waals surface area contributed by atoms with Gasteiger partial charge in [-0.05, 0) is 18.6 Å². The van der Waals surface area contributed by atoms with Gasteiger partial charge in [0.05, 0.1) is 0 Å². The van der Waals surface area contributed by atoms with Crippen LogP contribution in [-0.4, -0.2) is 20.3 Å². The first-order valence-corrected chi connectivity index (χ1v) is 7.76. The second-order valence-electron chi connectivity index (χ2n) is 2.58. The van der Waals surface area contributed by atoms with Crippen molar-refractivity contribution in [3.8, 4) is 0 Å². The molecule has 1 atom stereocenters. The van der Waals surface area contributed by atoms with Crippen molar-refractivity contribution in [2.24, 2.45) is 0 Å². The third-order valence-corrected chi connectivity index (χ3v) is 4.53. The van der Waals surface area contributed by atoms with Gasteiger partial charge in [0.2, 0.25) is 0 Å². The molecule has 6 heteroatoms. The van der Waals surface area contributed by atoms with Crippen molar-refractivity contribution in [3.05, 3.63) is 30.3 Å². The number of hydrogen-bond acceptors (Lipinski definition) is 4. The second-order valence-corrected chi connectivity index (χ2v) is 6.08. The van der Waals surface area contributed by atoms with E-state index in [1.807, 2.05) is 30.3 Å². The van der Waals surface area contributed by atoms with Gasteiger partial charge in [0, 0.05) is 16.4 Å². The van der Waals surface area contributed by atoms with Crippen molar-refractivity contribution in [1.82, 2.24) is 0 Å². The van der Waals surface area contributed by atoms with E-state index in [1.54, 1.807) is 21.6 Å². The molecule has 0 radical (unpaired) electrons. The predicted octanol–water partition coefficient (Wildman–Crippen LogP) is -0.300. The van der Waals surface area contributed by atoms with Crippen molar-refractivity contribution in [2.45, 2.75) is 11.3 Å². The Morgan fingerprint density at radius 1 is 1.27 bits per heavy atom. The molecule has 1 unspecified atom stereocenters. The van der Waals surface area contributed by atoms with E-state index in [4.69, 9.17) is 0 Å². The van der Waals surface area contributed by atoms with Crippen LogP contribution in [0.5, 0.6) is 0 Å². The van der Waals surface area contributed by atoms with Crippen molar-refractivity contribution >= 4 is 32.7 Å². The van der Waals surface area contributed by atoms with Gasteiger partial charge in [-0.15, -0.1) is 0 Å². The monoisotopic (exact) mass is 270 g/mol. The molecule has 0 saturated carbocycles. The summed E-state index contributed by atoms with van der Waals surface area (Å²) in [7, 11) is 3.38. The zero-order chi connectivity index (χ0) is 10.2. The summed E-state index contributed by atoms with van der Waals surface area (Å²) < 4.78 is 20.4. The van der Waals surface area contributed by atoms with Crippen LogP contribution < -0.4 is 29.6 Å². The molecule has 0 amide bonds. The first kappa shape index (κ1) is 16.0. The van der Waals surface area contributed by atoms with Gasteiger partial charge < -0.3 is 4.55 Å². The first-order chi connectivity index (χ1) is 6.79.